The number of aromatic nitrogens is 2. The topological polar surface area (TPSA) is 110 Å². The molecule has 1 aromatic heterocycles. The van der Waals surface area contributed by atoms with E-state index in [9.17, 15) is 18.0 Å². The Hall–Kier alpha value is -2.23. The largest absolute Gasteiger partial charge is 0.456 e. The van der Waals surface area contributed by atoms with E-state index in [1.165, 1.54) is 0 Å². The maximum absolute atomic E-state index is 12.2. The average molecular weight is 382 g/mol. The van der Waals surface area contributed by atoms with E-state index in [0.717, 1.165) is 0 Å². The van der Waals surface area contributed by atoms with Crippen LogP contribution in [-0.2, 0) is 24.2 Å². The van der Waals surface area contributed by atoms with Crippen LogP contribution in [0.15, 0.2) is 18.5 Å². The molecule has 0 aromatic carbocycles. The van der Waals surface area contributed by atoms with E-state index < -0.39 is 15.8 Å². The molecule has 9 nitrogen and oxygen atoms in total. The van der Waals surface area contributed by atoms with Gasteiger partial charge in [0.05, 0.1) is 11.5 Å². The summed E-state index contributed by atoms with van der Waals surface area (Å²) in [5, 5.41) is 0. The van der Waals surface area contributed by atoms with Gasteiger partial charge in [0.2, 0.25) is 5.95 Å². The Bertz CT molecular complexity index is 747. The minimum atomic E-state index is -3.02. The number of carbonyl (C=O) groups excluding carboxylic acids is 2. The van der Waals surface area contributed by atoms with Gasteiger partial charge in [0.25, 0.3) is 5.91 Å². The predicted octanol–water partition coefficient (Wildman–Crippen LogP) is -0.507. The molecule has 0 aliphatic carbocycles. The van der Waals surface area contributed by atoms with Crippen LogP contribution in [0.3, 0.4) is 0 Å². The van der Waals surface area contributed by atoms with Crippen LogP contribution < -0.4 is 4.90 Å². The molecule has 10 heteroatoms. The highest BCUT2D eigenvalue weighted by Gasteiger charge is 2.30. The van der Waals surface area contributed by atoms with E-state index in [-0.39, 0.29) is 36.4 Å². The number of esters is 1. The van der Waals surface area contributed by atoms with Crippen molar-refractivity contribution < 1.29 is 22.7 Å². The maximum Gasteiger partial charge on any atom is 0.306 e. The molecule has 0 unspecified atom stereocenters. The minimum absolute atomic E-state index is 0.0273. The second-order valence-electron chi connectivity index (χ2n) is 6.55. The standard InChI is InChI=1S/C16H22N4O5S/c21-14(11-25-15(22)10-13-2-9-26(23,24)12-13)19-5-7-20(8-6-19)16-17-3-1-4-18-16/h1,3-4,13H,2,5-12H2/t13-/m0/s1. The van der Waals surface area contributed by atoms with Crippen LogP contribution in [0.1, 0.15) is 12.8 Å². The third-order valence-corrected chi connectivity index (χ3v) is 6.44. The first kappa shape index (κ1) is 18.6. The Balaban J connectivity index is 1.38. The summed E-state index contributed by atoms with van der Waals surface area (Å²) in [7, 11) is -3.02. The molecule has 3 rings (SSSR count). The third kappa shape index (κ3) is 4.90. The molecule has 0 saturated carbocycles. The lowest BCUT2D eigenvalue weighted by atomic mass is 10.1. The molecule has 1 aromatic rings. The molecule has 3 heterocycles. The second-order valence-corrected chi connectivity index (χ2v) is 8.78. The fourth-order valence-corrected chi connectivity index (χ4v) is 5.03. The van der Waals surface area contributed by atoms with Crippen molar-refractivity contribution in [1.82, 2.24) is 14.9 Å². The van der Waals surface area contributed by atoms with Crippen LogP contribution in [0, 0.1) is 5.92 Å². The highest BCUT2D eigenvalue weighted by Crippen LogP contribution is 2.21. The number of carbonyl (C=O) groups is 2. The SMILES string of the molecule is O=C(C[C@@H]1CCS(=O)(=O)C1)OCC(=O)N1CCN(c2ncccn2)CC1. The lowest BCUT2D eigenvalue weighted by Crippen LogP contribution is -2.50. The molecule has 1 atom stereocenters. The lowest BCUT2D eigenvalue weighted by Gasteiger charge is -2.34. The summed E-state index contributed by atoms with van der Waals surface area (Å²) >= 11 is 0. The summed E-state index contributed by atoms with van der Waals surface area (Å²) in [6, 6.07) is 1.75. The van der Waals surface area contributed by atoms with Gasteiger partial charge in [-0.15, -0.1) is 0 Å². The second kappa shape index (κ2) is 7.98. The van der Waals surface area contributed by atoms with Gasteiger partial charge >= 0.3 is 5.97 Å². The molecule has 142 valence electrons. The van der Waals surface area contributed by atoms with E-state index in [2.05, 4.69) is 9.97 Å². The van der Waals surface area contributed by atoms with Crippen molar-refractivity contribution >= 4 is 27.7 Å². The number of hydrogen-bond acceptors (Lipinski definition) is 8. The van der Waals surface area contributed by atoms with Crippen LogP contribution in [0.25, 0.3) is 0 Å². The summed E-state index contributed by atoms with van der Waals surface area (Å²) in [4.78, 5) is 36.0. The van der Waals surface area contributed by atoms with E-state index in [0.29, 0.717) is 38.5 Å². The molecule has 2 aliphatic heterocycles. The Morgan fingerprint density at radius 3 is 2.46 bits per heavy atom. The quantitative estimate of drug-likeness (QED) is 0.627. The molecular weight excluding hydrogens is 360 g/mol. The average Bonchev–Trinajstić information content (AvgIpc) is 2.99. The van der Waals surface area contributed by atoms with Gasteiger partial charge in [0, 0.05) is 45.0 Å². The molecule has 1 amide bonds. The van der Waals surface area contributed by atoms with Gasteiger partial charge in [-0.25, -0.2) is 18.4 Å². The van der Waals surface area contributed by atoms with Gasteiger partial charge in [-0.05, 0) is 18.4 Å². The van der Waals surface area contributed by atoms with Gasteiger partial charge < -0.3 is 14.5 Å². The van der Waals surface area contributed by atoms with Crippen LogP contribution in [0.2, 0.25) is 0 Å². The highest BCUT2D eigenvalue weighted by molar-refractivity contribution is 7.91. The molecule has 26 heavy (non-hydrogen) atoms. The van der Waals surface area contributed by atoms with Crippen LogP contribution in [0.4, 0.5) is 5.95 Å². The zero-order chi connectivity index (χ0) is 18.6. The molecular formula is C16H22N4O5S. The van der Waals surface area contributed by atoms with Crippen molar-refractivity contribution in [3.63, 3.8) is 0 Å². The number of amides is 1. The first-order valence-electron chi connectivity index (χ1n) is 8.59. The number of anilines is 1. The van der Waals surface area contributed by atoms with Crippen molar-refractivity contribution in [3.8, 4) is 0 Å². The molecule has 0 N–H and O–H groups in total. The molecule has 2 aliphatic rings. The van der Waals surface area contributed by atoms with Gasteiger partial charge in [-0.2, -0.15) is 0 Å². The van der Waals surface area contributed by atoms with Crippen molar-refractivity contribution in [2.24, 2.45) is 5.92 Å². The molecule has 2 fully saturated rings. The van der Waals surface area contributed by atoms with Crippen molar-refractivity contribution in [2.45, 2.75) is 12.8 Å². The number of nitrogens with zero attached hydrogens (tertiary/aromatic N) is 4. The minimum Gasteiger partial charge on any atom is -0.456 e. The Morgan fingerprint density at radius 2 is 1.85 bits per heavy atom. The zero-order valence-electron chi connectivity index (χ0n) is 14.4. The Morgan fingerprint density at radius 1 is 1.15 bits per heavy atom. The third-order valence-electron chi connectivity index (χ3n) is 4.61. The van der Waals surface area contributed by atoms with E-state index in [1.807, 2.05) is 4.90 Å². The van der Waals surface area contributed by atoms with Crippen molar-refractivity contribution in [2.75, 3.05) is 49.2 Å². The molecule has 0 radical (unpaired) electrons. The Labute approximate surface area is 152 Å². The van der Waals surface area contributed by atoms with Gasteiger partial charge in [-0.3, -0.25) is 9.59 Å². The normalized spacial score (nSPS) is 22.2. The van der Waals surface area contributed by atoms with Crippen molar-refractivity contribution in [3.05, 3.63) is 18.5 Å². The predicted molar refractivity (Wildman–Crippen MR) is 93.2 cm³/mol. The fraction of sp³-hybridized carbons (Fsp3) is 0.625. The Kier molecular flexibility index (Phi) is 5.70. The number of hydrogen-bond donors (Lipinski definition) is 0. The fourth-order valence-electron chi connectivity index (χ4n) is 3.17. The maximum atomic E-state index is 12.2. The number of ether oxygens (including phenoxy) is 1. The van der Waals surface area contributed by atoms with E-state index in [1.54, 1.807) is 23.4 Å². The summed E-state index contributed by atoms with van der Waals surface area (Å²) in [6.45, 7) is 1.94. The van der Waals surface area contributed by atoms with Gasteiger partial charge in [-0.1, -0.05) is 0 Å². The molecule has 0 bridgehead atoms. The van der Waals surface area contributed by atoms with Crippen LogP contribution in [0.5, 0.6) is 0 Å². The van der Waals surface area contributed by atoms with Crippen LogP contribution in [-0.4, -0.2) is 79.5 Å². The number of sulfone groups is 1. The van der Waals surface area contributed by atoms with Gasteiger partial charge in [0.15, 0.2) is 16.4 Å². The summed E-state index contributed by atoms with van der Waals surface area (Å²) in [5.41, 5.74) is 0. The van der Waals surface area contributed by atoms with E-state index in [4.69, 9.17) is 4.74 Å². The first-order valence-corrected chi connectivity index (χ1v) is 10.4. The zero-order valence-corrected chi connectivity index (χ0v) is 15.2. The van der Waals surface area contributed by atoms with Crippen molar-refractivity contribution in [1.29, 1.82) is 0 Å². The lowest BCUT2D eigenvalue weighted by molar-refractivity contribution is -0.152. The van der Waals surface area contributed by atoms with Gasteiger partial charge in [0.1, 0.15) is 0 Å². The van der Waals surface area contributed by atoms with E-state index >= 15 is 0 Å². The number of rotatable bonds is 5. The summed E-state index contributed by atoms with van der Waals surface area (Å²) < 4.78 is 27.8. The van der Waals surface area contributed by atoms with Crippen LogP contribution >= 0.6 is 0 Å². The first-order chi connectivity index (χ1) is 12.4. The molecule has 0 spiro atoms. The number of piperazine rings is 1. The smallest absolute Gasteiger partial charge is 0.306 e. The summed E-state index contributed by atoms with van der Waals surface area (Å²) in [6.07, 6.45) is 3.88. The monoisotopic (exact) mass is 382 g/mol. The highest BCUT2D eigenvalue weighted by atomic mass is 32.2. The molecule has 2 saturated heterocycles. The summed E-state index contributed by atoms with van der Waals surface area (Å²) in [5.74, 6) is -0.170.